The molecule has 0 saturated carbocycles. The molecule has 50 heavy (non-hydrogen) atoms. The van der Waals surface area contributed by atoms with Gasteiger partial charge in [0, 0.05) is 22.3 Å². The second-order valence-electron chi connectivity index (χ2n) is 12.9. The fourth-order valence-corrected chi connectivity index (χ4v) is 5.30. The number of aromatic hydroxyl groups is 1. The fourth-order valence-electron chi connectivity index (χ4n) is 5.30. The first-order valence-corrected chi connectivity index (χ1v) is 16.8. The van der Waals surface area contributed by atoms with Crippen LogP contribution in [0, 0.1) is 6.92 Å². The molecule has 0 bridgehead atoms. The molecule has 2 saturated heterocycles. The van der Waals surface area contributed by atoms with Gasteiger partial charge in [0.25, 0.3) is 0 Å². The highest BCUT2D eigenvalue weighted by molar-refractivity contribution is 5.88. The molecule has 2 aliphatic rings. The van der Waals surface area contributed by atoms with Gasteiger partial charge in [0.15, 0.2) is 36.1 Å². The van der Waals surface area contributed by atoms with Gasteiger partial charge >= 0.3 is 17.9 Å². The summed E-state index contributed by atoms with van der Waals surface area (Å²) in [4.78, 5) is 39.2. The van der Waals surface area contributed by atoms with Crippen LogP contribution in [0.25, 0.3) is 0 Å². The van der Waals surface area contributed by atoms with Crippen LogP contribution < -0.4 is 4.74 Å². The summed E-state index contributed by atoms with van der Waals surface area (Å²) in [5.74, 6) is -2.40. The molecular weight excluding hydrogens is 652 g/mol. The summed E-state index contributed by atoms with van der Waals surface area (Å²) < 4.78 is 42.2. The van der Waals surface area contributed by atoms with Gasteiger partial charge in [-0.05, 0) is 73.8 Å². The Labute approximate surface area is 293 Å². The molecule has 0 spiro atoms. The molecule has 1 aromatic carbocycles. The minimum atomic E-state index is -1.75. The van der Waals surface area contributed by atoms with Gasteiger partial charge in [0.2, 0.25) is 6.29 Å². The van der Waals surface area contributed by atoms with E-state index in [2.05, 4.69) is 0 Å². The van der Waals surface area contributed by atoms with Crippen molar-refractivity contribution in [3.05, 3.63) is 58.2 Å². The number of aliphatic hydroxyl groups is 2. The molecule has 2 aliphatic heterocycles. The second kappa shape index (κ2) is 17.5. The molecule has 278 valence electrons. The predicted molar refractivity (Wildman–Crippen MR) is 181 cm³/mol. The van der Waals surface area contributed by atoms with Gasteiger partial charge in [0.05, 0.1) is 12.2 Å². The van der Waals surface area contributed by atoms with Crippen LogP contribution >= 0.6 is 0 Å². The van der Waals surface area contributed by atoms with Gasteiger partial charge in [-0.15, -0.1) is 0 Å². The lowest BCUT2D eigenvalue weighted by molar-refractivity contribution is -0.348. The van der Waals surface area contributed by atoms with Gasteiger partial charge in [-0.2, -0.15) is 0 Å². The lowest BCUT2D eigenvalue weighted by Crippen LogP contribution is -2.65. The molecule has 3 rings (SSSR count). The summed E-state index contributed by atoms with van der Waals surface area (Å²) in [6.45, 7) is 18.2. The van der Waals surface area contributed by atoms with Crippen LogP contribution in [0.15, 0.2) is 47.1 Å². The number of aliphatic hydroxyl groups excluding tert-OH is 2. The predicted octanol–water partition coefficient (Wildman–Crippen LogP) is 4.43. The van der Waals surface area contributed by atoms with E-state index in [1.165, 1.54) is 19.9 Å². The zero-order valence-electron chi connectivity index (χ0n) is 30.7. The van der Waals surface area contributed by atoms with E-state index in [1.807, 2.05) is 13.8 Å². The molecular formula is C37H52O13. The standard InChI is InChI=1S/C37H52O13/c1-12-18(6)33(41)46-28-23(11)45-37(49-29-24(17(4)5)16-15-21(9)25(29)38)32(48-35(43)20(8)14-3)31(28)50-36-27(40)30(26(39)22(10)44-36)47-34(42)19(7)13-2/h12-17,22-23,26-28,30-32,36-40H,1-11H3/t22-,23-,26+,27-,28+,30+,31+,32-,36+,37+/m1/s1. The van der Waals surface area contributed by atoms with Gasteiger partial charge in [-0.25, -0.2) is 14.4 Å². The number of carbonyl (C=O) groups excluding carboxylic acids is 3. The highest BCUT2D eigenvalue weighted by Crippen LogP contribution is 2.41. The molecule has 13 heteroatoms. The Morgan fingerprint density at radius 1 is 0.720 bits per heavy atom. The van der Waals surface area contributed by atoms with Crippen LogP contribution in [0.1, 0.15) is 86.3 Å². The number of rotatable bonds is 11. The number of aryl methyl sites for hydroxylation is 1. The van der Waals surface area contributed by atoms with Crippen LogP contribution in [0.5, 0.6) is 11.5 Å². The summed E-state index contributed by atoms with van der Waals surface area (Å²) >= 11 is 0. The van der Waals surface area contributed by atoms with Crippen molar-refractivity contribution in [2.24, 2.45) is 0 Å². The summed E-state index contributed by atoms with van der Waals surface area (Å²) in [5, 5.41) is 33.4. The Kier molecular flexibility index (Phi) is 14.2. The Balaban J connectivity index is 2.17. The van der Waals surface area contributed by atoms with E-state index in [0.717, 1.165) is 0 Å². The highest BCUT2D eigenvalue weighted by atomic mass is 16.8. The molecule has 1 aromatic rings. The number of phenols is 1. The zero-order chi connectivity index (χ0) is 37.6. The van der Waals surface area contributed by atoms with E-state index in [1.54, 1.807) is 72.8 Å². The molecule has 10 atom stereocenters. The first kappa shape index (κ1) is 40.7. The number of benzene rings is 1. The topological polar surface area (TPSA) is 177 Å². The summed E-state index contributed by atoms with van der Waals surface area (Å²) in [7, 11) is 0. The maximum atomic E-state index is 13.4. The zero-order valence-corrected chi connectivity index (χ0v) is 30.7. The third-order valence-corrected chi connectivity index (χ3v) is 9.01. The van der Waals surface area contributed by atoms with Crippen LogP contribution in [0.2, 0.25) is 0 Å². The van der Waals surface area contributed by atoms with Crippen molar-refractivity contribution in [3.8, 4) is 11.5 Å². The summed E-state index contributed by atoms with van der Waals surface area (Å²) in [6.07, 6.45) is -9.27. The van der Waals surface area contributed by atoms with Crippen molar-refractivity contribution in [1.82, 2.24) is 0 Å². The van der Waals surface area contributed by atoms with E-state index in [9.17, 15) is 29.7 Å². The average molecular weight is 705 g/mol. The number of carbonyl (C=O) groups is 3. The second-order valence-corrected chi connectivity index (χ2v) is 12.9. The maximum absolute atomic E-state index is 13.4. The third kappa shape index (κ3) is 9.12. The molecule has 0 radical (unpaired) electrons. The van der Waals surface area contributed by atoms with E-state index < -0.39 is 79.3 Å². The third-order valence-electron chi connectivity index (χ3n) is 9.01. The maximum Gasteiger partial charge on any atom is 0.333 e. The smallest absolute Gasteiger partial charge is 0.333 e. The van der Waals surface area contributed by atoms with E-state index in [0.29, 0.717) is 11.1 Å². The molecule has 0 aromatic heterocycles. The molecule has 2 heterocycles. The quantitative estimate of drug-likeness (QED) is 0.168. The monoisotopic (exact) mass is 704 g/mol. The van der Waals surface area contributed by atoms with Gasteiger partial charge in [-0.3, -0.25) is 0 Å². The Hall–Kier alpha value is -3.75. The number of hydrogen-bond donors (Lipinski definition) is 3. The van der Waals surface area contributed by atoms with Crippen molar-refractivity contribution < 1.29 is 62.9 Å². The number of esters is 3. The number of ether oxygens (including phenoxy) is 7. The average Bonchev–Trinajstić information content (AvgIpc) is 3.08. The molecule has 0 amide bonds. The highest BCUT2D eigenvalue weighted by Gasteiger charge is 2.55. The molecule has 0 unspecified atom stereocenters. The van der Waals surface area contributed by atoms with Crippen molar-refractivity contribution in [2.45, 2.75) is 143 Å². The van der Waals surface area contributed by atoms with Crippen LogP contribution in [0.4, 0.5) is 0 Å². The first-order valence-electron chi connectivity index (χ1n) is 16.8. The SMILES string of the molecule is CC=C(C)C(=O)O[C@H]1[C@@H](O)[C@@H](C)O[C@@H](O[C@H]2[C@@H](OC(=O)C(C)=CC)[C@@H](C)O[C@@H](Oc3c(C(C)C)ccc(C)c3O)[C@@H]2OC(=O)C(C)=CC)[C@@H]1O. The van der Waals surface area contributed by atoms with E-state index in [4.69, 9.17) is 33.2 Å². The largest absolute Gasteiger partial charge is 0.504 e. The molecule has 0 aliphatic carbocycles. The minimum absolute atomic E-state index is 0.0944. The lowest BCUT2D eigenvalue weighted by Gasteiger charge is -2.47. The Morgan fingerprint density at radius 3 is 1.70 bits per heavy atom. The van der Waals surface area contributed by atoms with Gasteiger partial charge in [0.1, 0.15) is 18.3 Å². The molecule has 13 nitrogen and oxygen atoms in total. The van der Waals surface area contributed by atoms with Crippen molar-refractivity contribution >= 4 is 17.9 Å². The minimum Gasteiger partial charge on any atom is -0.504 e. The van der Waals surface area contributed by atoms with Crippen LogP contribution in [0.3, 0.4) is 0 Å². The fraction of sp³-hybridized carbons (Fsp3) is 0.595. The number of hydrogen-bond acceptors (Lipinski definition) is 13. The lowest BCUT2D eigenvalue weighted by atomic mass is 9.96. The Bertz CT molecular complexity index is 1480. The van der Waals surface area contributed by atoms with Gasteiger partial charge < -0.3 is 48.5 Å². The number of phenolic OH excluding ortho intramolecular Hbond substituents is 1. The van der Waals surface area contributed by atoms with E-state index in [-0.39, 0.29) is 34.1 Å². The molecule has 2 fully saturated rings. The summed E-state index contributed by atoms with van der Waals surface area (Å²) in [6, 6.07) is 3.55. The Morgan fingerprint density at radius 2 is 1.20 bits per heavy atom. The summed E-state index contributed by atoms with van der Waals surface area (Å²) in [5.41, 5.74) is 1.92. The first-order chi connectivity index (χ1) is 23.5. The normalized spacial score (nSPS) is 30.9. The number of allylic oxidation sites excluding steroid dienone is 3. The van der Waals surface area contributed by atoms with E-state index >= 15 is 0 Å². The van der Waals surface area contributed by atoms with Crippen LogP contribution in [-0.2, 0) is 42.8 Å². The van der Waals surface area contributed by atoms with Crippen LogP contribution in [-0.4, -0.2) is 94.6 Å². The molecule has 3 N–H and O–H groups in total. The van der Waals surface area contributed by atoms with Crippen molar-refractivity contribution in [3.63, 3.8) is 0 Å². The van der Waals surface area contributed by atoms with Crippen molar-refractivity contribution in [1.29, 1.82) is 0 Å². The van der Waals surface area contributed by atoms with Gasteiger partial charge in [-0.1, -0.05) is 44.2 Å². The van der Waals surface area contributed by atoms with Crippen molar-refractivity contribution in [2.75, 3.05) is 0 Å².